The average molecular weight is 235 g/mol. The second kappa shape index (κ2) is 4.45. The van der Waals surface area contributed by atoms with Gasteiger partial charge in [-0.15, -0.1) is 0 Å². The second-order valence-electron chi connectivity index (χ2n) is 3.33. The maximum Gasteiger partial charge on any atom is 0.150 e. The highest BCUT2D eigenvalue weighted by molar-refractivity contribution is 6.30. The highest BCUT2D eigenvalue weighted by Crippen LogP contribution is 2.26. The molecule has 0 aliphatic carbocycles. The molecular formula is C13H8ClFO. The van der Waals surface area contributed by atoms with Gasteiger partial charge in [0.1, 0.15) is 5.82 Å². The zero-order chi connectivity index (χ0) is 11.5. The Morgan fingerprint density at radius 1 is 1.12 bits per heavy atom. The number of hydrogen-bond acceptors (Lipinski definition) is 1. The summed E-state index contributed by atoms with van der Waals surface area (Å²) in [5.74, 6) is -0.486. The molecule has 1 nitrogen and oxygen atoms in total. The average Bonchev–Trinajstić information content (AvgIpc) is 2.32. The van der Waals surface area contributed by atoms with Crippen LogP contribution in [0, 0.1) is 5.82 Å². The molecule has 0 saturated carbocycles. The third-order valence-corrected chi connectivity index (χ3v) is 2.62. The highest BCUT2D eigenvalue weighted by Gasteiger charge is 2.06. The van der Waals surface area contributed by atoms with Crippen LogP contribution < -0.4 is 0 Å². The van der Waals surface area contributed by atoms with Crippen LogP contribution in [0.2, 0.25) is 5.02 Å². The standard InChI is InChI=1S/C13H8ClFO/c14-12-6-5-9(7-13(12)15)11-4-2-1-3-10(11)8-16/h1-8H. The van der Waals surface area contributed by atoms with Crippen molar-refractivity contribution >= 4 is 17.9 Å². The van der Waals surface area contributed by atoms with E-state index in [9.17, 15) is 9.18 Å². The van der Waals surface area contributed by atoms with Crippen molar-refractivity contribution in [2.75, 3.05) is 0 Å². The summed E-state index contributed by atoms with van der Waals surface area (Å²) in [6.07, 6.45) is 0.752. The lowest BCUT2D eigenvalue weighted by Crippen LogP contribution is -1.88. The fourth-order valence-corrected chi connectivity index (χ4v) is 1.64. The van der Waals surface area contributed by atoms with Gasteiger partial charge in [0.05, 0.1) is 5.02 Å². The Labute approximate surface area is 97.5 Å². The van der Waals surface area contributed by atoms with Crippen LogP contribution >= 0.6 is 11.6 Å². The van der Waals surface area contributed by atoms with E-state index in [1.54, 1.807) is 30.3 Å². The van der Waals surface area contributed by atoms with Gasteiger partial charge in [0.25, 0.3) is 0 Å². The molecule has 0 bridgehead atoms. The van der Waals surface area contributed by atoms with Gasteiger partial charge in [0.15, 0.2) is 6.29 Å². The van der Waals surface area contributed by atoms with Gasteiger partial charge in [0, 0.05) is 5.56 Å². The van der Waals surface area contributed by atoms with Crippen molar-refractivity contribution in [1.29, 1.82) is 0 Å². The summed E-state index contributed by atoms with van der Waals surface area (Å²) in [5.41, 5.74) is 1.88. The van der Waals surface area contributed by atoms with Crippen LogP contribution in [-0.2, 0) is 0 Å². The first-order valence-corrected chi connectivity index (χ1v) is 5.10. The minimum Gasteiger partial charge on any atom is -0.298 e. The van der Waals surface area contributed by atoms with Crippen molar-refractivity contribution in [3.05, 3.63) is 58.9 Å². The monoisotopic (exact) mass is 234 g/mol. The van der Waals surface area contributed by atoms with Crippen molar-refractivity contribution < 1.29 is 9.18 Å². The third-order valence-electron chi connectivity index (χ3n) is 2.32. The minimum atomic E-state index is -0.486. The Balaban J connectivity index is 2.58. The summed E-state index contributed by atoms with van der Waals surface area (Å²) in [6, 6.07) is 11.5. The molecule has 0 radical (unpaired) electrons. The lowest BCUT2D eigenvalue weighted by molar-refractivity contribution is 0.112. The number of benzene rings is 2. The zero-order valence-electron chi connectivity index (χ0n) is 8.28. The second-order valence-corrected chi connectivity index (χ2v) is 3.74. The Morgan fingerprint density at radius 3 is 2.56 bits per heavy atom. The van der Waals surface area contributed by atoms with Crippen molar-refractivity contribution in [3.8, 4) is 11.1 Å². The van der Waals surface area contributed by atoms with Gasteiger partial charge in [-0.1, -0.05) is 41.9 Å². The Hall–Kier alpha value is -1.67. The quantitative estimate of drug-likeness (QED) is 0.719. The number of hydrogen-bond donors (Lipinski definition) is 0. The van der Waals surface area contributed by atoms with E-state index in [1.807, 2.05) is 0 Å². The highest BCUT2D eigenvalue weighted by atomic mass is 35.5. The van der Waals surface area contributed by atoms with Gasteiger partial charge in [-0.05, 0) is 23.3 Å². The van der Waals surface area contributed by atoms with Crippen LogP contribution in [0.3, 0.4) is 0 Å². The van der Waals surface area contributed by atoms with Gasteiger partial charge < -0.3 is 0 Å². The molecule has 0 unspecified atom stereocenters. The van der Waals surface area contributed by atoms with Crippen LogP contribution in [-0.4, -0.2) is 6.29 Å². The van der Waals surface area contributed by atoms with E-state index in [2.05, 4.69) is 0 Å². The molecule has 2 aromatic rings. The van der Waals surface area contributed by atoms with E-state index < -0.39 is 5.82 Å². The van der Waals surface area contributed by atoms with Gasteiger partial charge in [-0.2, -0.15) is 0 Å². The molecular weight excluding hydrogens is 227 g/mol. The number of carbonyl (C=O) groups excluding carboxylic acids is 1. The van der Waals surface area contributed by atoms with E-state index in [-0.39, 0.29) is 5.02 Å². The molecule has 0 spiro atoms. The first-order chi connectivity index (χ1) is 7.72. The van der Waals surface area contributed by atoms with Crippen molar-refractivity contribution in [2.45, 2.75) is 0 Å². The minimum absolute atomic E-state index is 0.0762. The molecule has 0 aliphatic rings. The lowest BCUT2D eigenvalue weighted by Gasteiger charge is -2.05. The van der Waals surface area contributed by atoms with E-state index in [4.69, 9.17) is 11.6 Å². The van der Waals surface area contributed by atoms with E-state index in [0.717, 1.165) is 6.29 Å². The predicted molar refractivity (Wildman–Crippen MR) is 62.2 cm³/mol. The fraction of sp³-hybridized carbons (Fsp3) is 0. The summed E-state index contributed by atoms with van der Waals surface area (Å²) in [6.45, 7) is 0. The fourth-order valence-electron chi connectivity index (χ4n) is 1.53. The van der Waals surface area contributed by atoms with Gasteiger partial charge in [-0.3, -0.25) is 4.79 Å². The molecule has 0 heterocycles. The number of aldehydes is 1. The Morgan fingerprint density at radius 2 is 1.88 bits per heavy atom. The van der Waals surface area contributed by atoms with E-state index >= 15 is 0 Å². The molecule has 0 amide bonds. The SMILES string of the molecule is O=Cc1ccccc1-c1ccc(Cl)c(F)c1. The van der Waals surface area contributed by atoms with E-state index in [0.29, 0.717) is 16.7 Å². The van der Waals surface area contributed by atoms with Crippen LogP contribution in [0.15, 0.2) is 42.5 Å². The summed E-state index contributed by atoms with van der Waals surface area (Å²) in [7, 11) is 0. The molecule has 0 atom stereocenters. The smallest absolute Gasteiger partial charge is 0.150 e. The molecule has 16 heavy (non-hydrogen) atoms. The van der Waals surface area contributed by atoms with Crippen molar-refractivity contribution in [2.24, 2.45) is 0 Å². The molecule has 0 saturated heterocycles. The first kappa shape index (κ1) is 10.8. The topological polar surface area (TPSA) is 17.1 Å². The lowest BCUT2D eigenvalue weighted by atomic mass is 10.0. The predicted octanol–water partition coefficient (Wildman–Crippen LogP) is 3.96. The number of carbonyl (C=O) groups is 1. The van der Waals surface area contributed by atoms with Gasteiger partial charge >= 0.3 is 0 Å². The van der Waals surface area contributed by atoms with Crippen LogP contribution in [0.5, 0.6) is 0 Å². The molecule has 0 N–H and O–H groups in total. The molecule has 0 aromatic heterocycles. The Kier molecular flexibility index (Phi) is 3.02. The summed E-state index contributed by atoms with van der Waals surface area (Å²) < 4.78 is 13.3. The first-order valence-electron chi connectivity index (χ1n) is 4.72. The summed E-state index contributed by atoms with van der Waals surface area (Å²) in [4.78, 5) is 10.8. The van der Waals surface area contributed by atoms with Crippen molar-refractivity contribution in [3.63, 3.8) is 0 Å². The van der Waals surface area contributed by atoms with Crippen LogP contribution in [0.25, 0.3) is 11.1 Å². The van der Waals surface area contributed by atoms with Gasteiger partial charge in [0.2, 0.25) is 0 Å². The summed E-state index contributed by atoms with van der Waals surface area (Å²) in [5, 5.41) is 0.0762. The van der Waals surface area contributed by atoms with Gasteiger partial charge in [-0.25, -0.2) is 4.39 Å². The largest absolute Gasteiger partial charge is 0.298 e. The van der Waals surface area contributed by atoms with E-state index in [1.165, 1.54) is 12.1 Å². The zero-order valence-corrected chi connectivity index (χ0v) is 9.04. The molecule has 2 aromatic carbocycles. The Bertz CT molecular complexity index is 537. The molecule has 2 rings (SSSR count). The molecule has 80 valence electrons. The number of halogens is 2. The molecule has 3 heteroatoms. The normalized spacial score (nSPS) is 10.1. The molecule has 0 fully saturated rings. The maximum atomic E-state index is 13.3. The van der Waals surface area contributed by atoms with Crippen LogP contribution in [0.4, 0.5) is 4.39 Å². The summed E-state index contributed by atoms with van der Waals surface area (Å²) >= 11 is 5.60. The van der Waals surface area contributed by atoms with Crippen molar-refractivity contribution in [1.82, 2.24) is 0 Å². The van der Waals surface area contributed by atoms with Crippen LogP contribution in [0.1, 0.15) is 10.4 Å². The third kappa shape index (κ3) is 1.97. The number of rotatable bonds is 2. The molecule has 0 aliphatic heterocycles. The maximum absolute atomic E-state index is 13.3.